The van der Waals surface area contributed by atoms with Gasteiger partial charge in [-0.05, 0) is 37.6 Å². The lowest BCUT2D eigenvalue weighted by atomic mass is 10.2. The van der Waals surface area contributed by atoms with Gasteiger partial charge in [0.25, 0.3) is 5.69 Å². The molecule has 0 radical (unpaired) electrons. The summed E-state index contributed by atoms with van der Waals surface area (Å²) in [7, 11) is 1.39. The van der Waals surface area contributed by atoms with Crippen LogP contribution in [0.5, 0.6) is 5.75 Å². The van der Waals surface area contributed by atoms with E-state index in [1.165, 1.54) is 25.3 Å². The molecule has 0 aliphatic rings. The molecule has 24 heavy (non-hydrogen) atoms. The molecular formula is C17H19N3O4. The number of nitro benzene ring substituents is 1. The van der Waals surface area contributed by atoms with Gasteiger partial charge in [-0.15, -0.1) is 0 Å². The second-order valence-corrected chi connectivity index (χ2v) is 5.37. The molecule has 0 saturated heterocycles. The van der Waals surface area contributed by atoms with E-state index in [9.17, 15) is 14.9 Å². The number of hydrogen-bond donors (Lipinski definition) is 2. The van der Waals surface area contributed by atoms with Crippen LogP contribution in [0.15, 0.2) is 42.5 Å². The molecule has 0 aromatic heterocycles. The van der Waals surface area contributed by atoms with Crippen molar-refractivity contribution in [2.45, 2.75) is 19.9 Å². The van der Waals surface area contributed by atoms with Crippen LogP contribution < -0.4 is 15.4 Å². The van der Waals surface area contributed by atoms with Crippen molar-refractivity contribution in [1.82, 2.24) is 0 Å². The molecule has 2 N–H and O–H groups in total. The molecule has 2 aromatic carbocycles. The highest BCUT2D eigenvalue weighted by Gasteiger charge is 2.17. The largest absolute Gasteiger partial charge is 0.494 e. The second kappa shape index (κ2) is 7.45. The molecule has 2 rings (SSSR count). The first-order valence-corrected chi connectivity index (χ1v) is 7.37. The lowest BCUT2D eigenvalue weighted by Crippen LogP contribution is -2.32. The predicted molar refractivity (Wildman–Crippen MR) is 92.5 cm³/mol. The number of aryl methyl sites for hydroxylation is 1. The van der Waals surface area contributed by atoms with E-state index in [4.69, 9.17) is 4.74 Å². The highest BCUT2D eigenvalue weighted by molar-refractivity contribution is 5.97. The monoisotopic (exact) mass is 329 g/mol. The first-order chi connectivity index (χ1) is 11.4. The molecular weight excluding hydrogens is 310 g/mol. The first-order valence-electron chi connectivity index (χ1n) is 7.37. The van der Waals surface area contributed by atoms with E-state index in [-0.39, 0.29) is 17.3 Å². The number of nitrogens with zero attached hydrogens (tertiary/aromatic N) is 1. The molecule has 0 bridgehead atoms. The van der Waals surface area contributed by atoms with Crippen molar-refractivity contribution in [3.63, 3.8) is 0 Å². The number of nitro groups is 1. The van der Waals surface area contributed by atoms with Crippen LogP contribution in [0.4, 0.5) is 17.1 Å². The molecule has 0 heterocycles. The number of carbonyl (C=O) groups excluding carboxylic acids is 1. The summed E-state index contributed by atoms with van der Waals surface area (Å²) in [5.41, 5.74) is 2.21. The Bertz CT molecular complexity index is 761. The lowest BCUT2D eigenvalue weighted by Gasteiger charge is -2.17. The number of methoxy groups -OCH3 is 1. The third kappa shape index (κ3) is 4.22. The summed E-state index contributed by atoms with van der Waals surface area (Å²) in [6, 6.07) is 11.2. The van der Waals surface area contributed by atoms with Crippen LogP contribution in [0, 0.1) is 17.0 Å². The summed E-state index contributed by atoms with van der Waals surface area (Å²) in [5.74, 6) is -0.0380. The maximum Gasteiger partial charge on any atom is 0.273 e. The molecule has 0 spiro atoms. The van der Waals surface area contributed by atoms with E-state index >= 15 is 0 Å². The molecule has 0 aliphatic heterocycles. The third-order valence-corrected chi connectivity index (χ3v) is 3.45. The Morgan fingerprint density at radius 1 is 1.25 bits per heavy atom. The van der Waals surface area contributed by atoms with Crippen molar-refractivity contribution in [2.75, 3.05) is 17.7 Å². The van der Waals surface area contributed by atoms with Crippen LogP contribution in [0.25, 0.3) is 0 Å². The zero-order chi connectivity index (χ0) is 17.7. The van der Waals surface area contributed by atoms with Crippen molar-refractivity contribution in [3.05, 3.63) is 58.1 Å². The quantitative estimate of drug-likeness (QED) is 0.626. The Morgan fingerprint density at radius 3 is 2.62 bits per heavy atom. The smallest absolute Gasteiger partial charge is 0.273 e. The minimum Gasteiger partial charge on any atom is -0.494 e. The van der Waals surface area contributed by atoms with E-state index in [0.717, 1.165) is 11.3 Å². The fraction of sp³-hybridized carbons (Fsp3) is 0.235. The molecule has 126 valence electrons. The average molecular weight is 329 g/mol. The van der Waals surface area contributed by atoms with E-state index in [1.807, 2.05) is 31.2 Å². The SMILES string of the molecule is COc1cc([N+](=O)[O-])ccc1NC(=O)[C@H](C)Nc1cccc(C)c1. The minimum atomic E-state index is -0.518. The van der Waals surface area contributed by atoms with Gasteiger partial charge in [0, 0.05) is 11.8 Å². The molecule has 1 atom stereocenters. The van der Waals surface area contributed by atoms with Gasteiger partial charge in [0.05, 0.1) is 23.8 Å². The number of carbonyl (C=O) groups is 1. The zero-order valence-corrected chi connectivity index (χ0v) is 13.7. The Morgan fingerprint density at radius 2 is 2.00 bits per heavy atom. The first kappa shape index (κ1) is 17.3. The highest BCUT2D eigenvalue weighted by atomic mass is 16.6. The van der Waals surface area contributed by atoms with Crippen LogP contribution in [0.1, 0.15) is 12.5 Å². The van der Waals surface area contributed by atoms with Gasteiger partial charge in [-0.3, -0.25) is 14.9 Å². The van der Waals surface area contributed by atoms with E-state index in [2.05, 4.69) is 10.6 Å². The maximum absolute atomic E-state index is 12.3. The number of ether oxygens (including phenoxy) is 1. The minimum absolute atomic E-state index is 0.101. The van der Waals surface area contributed by atoms with Crippen LogP contribution in [0.3, 0.4) is 0 Å². The Balaban J connectivity index is 2.09. The van der Waals surface area contributed by atoms with Gasteiger partial charge in [0.1, 0.15) is 11.8 Å². The fourth-order valence-electron chi connectivity index (χ4n) is 2.19. The summed E-state index contributed by atoms with van der Waals surface area (Å²) in [6.45, 7) is 3.70. The summed E-state index contributed by atoms with van der Waals surface area (Å²) < 4.78 is 5.11. The van der Waals surface area contributed by atoms with Gasteiger partial charge < -0.3 is 15.4 Å². The maximum atomic E-state index is 12.3. The lowest BCUT2D eigenvalue weighted by molar-refractivity contribution is -0.384. The Hall–Kier alpha value is -3.09. The van der Waals surface area contributed by atoms with Crippen molar-refractivity contribution >= 4 is 23.0 Å². The third-order valence-electron chi connectivity index (χ3n) is 3.45. The number of hydrogen-bond acceptors (Lipinski definition) is 5. The van der Waals surface area contributed by atoms with Crippen molar-refractivity contribution in [3.8, 4) is 5.75 Å². The standard InChI is InChI=1S/C17H19N3O4/c1-11-5-4-6-13(9-11)18-12(2)17(21)19-15-8-7-14(20(22)23)10-16(15)24-3/h4-10,12,18H,1-3H3,(H,19,21)/t12-/m0/s1. The van der Waals surface area contributed by atoms with E-state index in [0.29, 0.717) is 5.69 Å². The Labute approximate surface area is 139 Å². The predicted octanol–water partition coefficient (Wildman–Crippen LogP) is 3.35. The number of benzene rings is 2. The zero-order valence-electron chi connectivity index (χ0n) is 13.7. The topological polar surface area (TPSA) is 93.5 Å². The number of anilines is 2. The van der Waals surface area contributed by atoms with Crippen LogP contribution >= 0.6 is 0 Å². The van der Waals surface area contributed by atoms with Gasteiger partial charge in [0.2, 0.25) is 5.91 Å². The summed E-state index contributed by atoms with van der Waals surface area (Å²) >= 11 is 0. The molecule has 0 fully saturated rings. The van der Waals surface area contributed by atoms with Crippen LogP contribution in [-0.4, -0.2) is 24.0 Å². The molecule has 7 nitrogen and oxygen atoms in total. The second-order valence-electron chi connectivity index (χ2n) is 5.37. The number of rotatable bonds is 6. The number of nitrogens with one attached hydrogen (secondary N) is 2. The van der Waals surface area contributed by atoms with Gasteiger partial charge >= 0.3 is 0 Å². The van der Waals surface area contributed by atoms with E-state index in [1.54, 1.807) is 6.92 Å². The normalized spacial score (nSPS) is 11.5. The summed E-state index contributed by atoms with van der Waals surface area (Å²) in [5, 5.41) is 16.6. The average Bonchev–Trinajstić information content (AvgIpc) is 2.54. The van der Waals surface area contributed by atoms with Gasteiger partial charge in [-0.2, -0.15) is 0 Å². The highest BCUT2D eigenvalue weighted by Crippen LogP contribution is 2.29. The van der Waals surface area contributed by atoms with E-state index < -0.39 is 11.0 Å². The molecule has 0 unspecified atom stereocenters. The molecule has 1 amide bonds. The van der Waals surface area contributed by atoms with Crippen LogP contribution in [-0.2, 0) is 4.79 Å². The molecule has 2 aromatic rings. The van der Waals surface area contributed by atoms with Gasteiger partial charge in [-0.1, -0.05) is 12.1 Å². The van der Waals surface area contributed by atoms with Crippen LogP contribution in [0.2, 0.25) is 0 Å². The van der Waals surface area contributed by atoms with Crippen molar-refractivity contribution < 1.29 is 14.5 Å². The molecule has 0 saturated carbocycles. The Kier molecular flexibility index (Phi) is 5.36. The molecule has 7 heteroatoms. The number of amides is 1. The van der Waals surface area contributed by atoms with Crippen molar-refractivity contribution in [1.29, 1.82) is 0 Å². The van der Waals surface area contributed by atoms with Crippen molar-refractivity contribution in [2.24, 2.45) is 0 Å². The summed E-state index contributed by atoms with van der Waals surface area (Å²) in [6.07, 6.45) is 0. The fourth-order valence-corrected chi connectivity index (χ4v) is 2.19. The summed E-state index contributed by atoms with van der Waals surface area (Å²) in [4.78, 5) is 22.6. The van der Waals surface area contributed by atoms with Gasteiger partial charge in [-0.25, -0.2) is 0 Å². The molecule has 0 aliphatic carbocycles. The van der Waals surface area contributed by atoms with Gasteiger partial charge in [0.15, 0.2) is 0 Å². The number of non-ortho nitro benzene ring substituents is 1.